The fraction of sp³-hybridized carbons (Fsp3) is 0.500. The second kappa shape index (κ2) is 5.63. The van der Waals surface area contributed by atoms with E-state index >= 15 is 0 Å². The van der Waals surface area contributed by atoms with Crippen LogP contribution in [-0.4, -0.2) is 25.8 Å². The molecule has 0 spiro atoms. The van der Waals surface area contributed by atoms with E-state index in [4.69, 9.17) is 11.6 Å². The molecule has 5 heteroatoms. The number of hydrogen-bond acceptors (Lipinski definition) is 2. The predicted molar refractivity (Wildman–Crippen MR) is 82.4 cm³/mol. The predicted octanol–water partition coefficient (Wildman–Crippen LogP) is 3.58. The number of aryl methyl sites for hydroxylation is 1. The average molecular weight is 299 g/mol. The van der Waals surface area contributed by atoms with Crippen molar-refractivity contribution >= 4 is 33.4 Å². The van der Waals surface area contributed by atoms with Gasteiger partial charge in [-0.05, 0) is 32.4 Å². The molecule has 1 aromatic heterocycles. The minimum atomic E-state index is -0.842. The van der Waals surface area contributed by atoms with E-state index in [1.165, 1.54) is 0 Å². The first-order chi connectivity index (χ1) is 8.91. The summed E-state index contributed by atoms with van der Waals surface area (Å²) in [6.07, 6.45) is 1.73. The van der Waals surface area contributed by atoms with Crippen molar-refractivity contribution in [2.45, 2.75) is 32.2 Å². The molecule has 1 aromatic carbocycles. The van der Waals surface area contributed by atoms with Crippen molar-refractivity contribution in [2.75, 3.05) is 12.0 Å². The first kappa shape index (κ1) is 14.5. The molecular formula is C14H19ClN2OS. The Bertz CT molecular complexity index is 621. The van der Waals surface area contributed by atoms with Gasteiger partial charge in [0.25, 0.3) is 0 Å². The fourth-order valence-electron chi connectivity index (χ4n) is 2.43. The molecule has 0 aliphatic carbocycles. The molecule has 0 amide bonds. The van der Waals surface area contributed by atoms with Crippen LogP contribution in [0.4, 0.5) is 0 Å². The van der Waals surface area contributed by atoms with Gasteiger partial charge in [0, 0.05) is 28.9 Å². The molecule has 1 heterocycles. The van der Waals surface area contributed by atoms with Gasteiger partial charge in [0.05, 0.1) is 16.4 Å². The summed E-state index contributed by atoms with van der Waals surface area (Å²) in [6, 6.07) is 6.24. The average Bonchev–Trinajstić information content (AvgIpc) is 2.69. The molecule has 3 unspecified atom stereocenters. The lowest BCUT2D eigenvalue weighted by atomic mass is 10.2. The van der Waals surface area contributed by atoms with Crippen LogP contribution in [0.15, 0.2) is 18.2 Å². The smallest absolute Gasteiger partial charge is 0.128 e. The normalized spacial score (nSPS) is 16.5. The summed E-state index contributed by atoms with van der Waals surface area (Å²) in [7, 11) is -0.842. The quantitative estimate of drug-likeness (QED) is 0.809. The van der Waals surface area contributed by atoms with Crippen LogP contribution in [0.1, 0.15) is 36.7 Å². The summed E-state index contributed by atoms with van der Waals surface area (Å²) >= 11 is 6.25. The first-order valence-electron chi connectivity index (χ1n) is 6.33. The van der Waals surface area contributed by atoms with Gasteiger partial charge in [0.15, 0.2) is 0 Å². The molecule has 3 atom stereocenters. The highest BCUT2D eigenvalue weighted by Gasteiger charge is 2.20. The Kier molecular flexibility index (Phi) is 4.31. The minimum absolute atomic E-state index is 0.119. The standard InChI is InChI=1S/C14H19ClN2OS/c1-9-6-5-7-12-13(9)16-14(11(3)15)17(12)10(2)8-19(4)18/h5-7,10-11H,8H2,1-4H3. The molecule has 0 fully saturated rings. The Hall–Kier alpha value is -0.870. The van der Waals surface area contributed by atoms with Crippen molar-refractivity contribution in [2.24, 2.45) is 0 Å². The topological polar surface area (TPSA) is 34.9 Å². The second-order valence-corrected chi connectivity index (χ2v) is 7.12. The van der Waals surface area contributed by atoms with Crippen LogP contribution in [0.25, 0.3) is 11.0 Å². The molecule has 0 saturated heterocycles. The van der Waals surface area contributed by atoms with Gasteiger partial charge in [-0.25, -0.2) is 4.98 Å². The number of para-hydroxylation sites is 1. The van der Waals surface area contributed by atoms with Gasteiger partial charge < -0.3 is 4.57 Å². The van der Waals surface area contributed by atoms with E-state index in [1.807, 2.05) is 32.0 Å². The van der Waals surface area contributed by atoms with Crippen molar-refractivity contribution in [3.8, 4) is 0 Å². The van der Waals surface area contributed by atoms with Crippen molar-refractivity contribution in [1.82, 2.24) is 9.55 Å². The molecule has 0 saturated carbocycles. The largest absolute Gasteiger partial charge is 0.323 e. The highest BCUT2D eigenvalue weighted by molar-refractivity contribution is 7.84. The molecule has 0 N–H and O–H groups in total. The zero-order valence-electron chi connectivity index (χ0n) is 11.7. The molecule has 104 valence electrons. The Morgan fingerprint density at radius 1 is 1.42 bits per heavy atom. The van der Waals surface area contributed by atoms with Crippen LogP contribution in [0, 0.1) is 6.92 Å². The van der Waals surface area contributed by atoms with E-state index in [9.17, 15) is 4.21 Å². The number of hydrogen-bond donors (Lipinski definition) is 0. The van der Waals surface area contributed by atoms with E-state index in [0.29, 0.717) is 5.75 Å². The number of aromatic nitrogens is 2. The highest BCUT2D eigenvalue weighted by Crippen LogP contribution is 2.29. The van der Waals surface area contributed by atoms with Gasteiger partial charge in [0.1, 0.15) is 5.82 Å². The zero-order chi connectivity index (χ0) is 14.2. The molecule has 0 aliphatic rings. The number of alkyl halides is 1. The summed E-state index contributed by atoms with van der Waals surface area (Å²) < 4.78 is 13.6. The Labute approximate surface area is 121 Å². The number of rotatable bonds is 4. The summed E-state index contributed by atoms with van der Waals surface area (Å²) in [5.41, 5.74) is 3.19. The molecule has 0 aliphatic heterocycles. The fourth-order valence-corrected chi connectivity index (χ4v) is 3.42. The van der Waals surface area contributed by atoms with E-state index < -0.39 is 10.8 Å². The summed E-state index contributed by atoms with van der Waals surface area (Å²) in [5.74, 6) is 1.46. The SMILES string of the molecule is Cc1cccc2c1nc(C(C)Cl)n2C(C)CS(C)=O. The lowest BCUT2D eigenvalue weighted by Crippen LogP contribution is -2.15. The van der Waals surface area contributed by atoms with Crippen LogP contribution in [-0.2, 0) is 10.8 Å². The Morgan fingerprint density at radius 3 is 2.68 bits per heavy atom. The van der Waals surface area contributed by atoms with Crippen LogP contribution in [0.2, 0.25) is 0 Å². The van der Waals surface area contributed by atoms with Crippen LogP contribution in [0.3, 0.4) is 0 Å². The first-order valence-corrected chi connectivity index (χ1v) is 8.49. The Morgan fingerprint density at radius 2 is 2.11 bits per heavy atom. The lowest BCUT2D eigenvalue weighted by Gasteiger charge is -2.17. The van der Waals surface area contributed by atoms with Gasteiger partial charge >= 0.3 is 0 Å². The van der Waals surface area contributed by atoms with Crippen molar-refractivity contribution < 1.29 is 4.21 Å². The monoisotopic (exact) mass is 298 g/mol. The van der Waals surface area contributed by atoms with Crippen LogP contribution < -0.4 is 0 Å². The lowest BCUT2D eigenvalue weighted by molar-refractivity contribution is 0.583. The van der Waals surface area contributed by atoms with Gasteiger partial charge in [-0.2, -0.15) is 0 Å². The number of imidazole rings is 1. The third kappa shape index (κ3) is 2.84. The Balaban J connectivity index is 2.65. The minimum Gasteiger partial charge on any atom is -0.323 e. The number of benzene rings is 1. The maximum Gasteiger partial charge on any atom is 0.128 e. The molecule has 2 aromatic rings. The highest BCUT2D eigenvalue weighted by atomic mass is 35.5. The summed E-state index contributed by atoms with van der Waals surface area (Å²) in [5, 5.41) is -0.167. The van der Waals surface area contributed by atoms with Gasteiger partial charge in [0.2, 0.25) is 0 Å². The van der Waals surface area contributed by atoms with E-state index in [1.54, 1.807) is 6.26 Å². The van der Waals surface area contributed by atoms with Crippen molar-refractivity contribution in [1.29, 1.82) is 0 Å². The molecular weight excluding hydrogens is 280 g/mol. The van der Waals surface area contributed by atoms with E-state index in [2.05, 4.69) is 16.5 Å². The maximum absolute atomic E-state index is 11.5. The third-order valence-corrected chi connectivity index (χ3v) is 4.37. The zero-order valence-corrected chi connectivity index (χ0v) is 13.3. The van der Waals surface area contributed by atoms with Crippen molar-refractivity contribution in [3.05, 3.63) is 29.6 Å². The number of nitrogens with zero attached hydrogens (tertiary/aromatic N) is 2. The third-order valence-electron chi connectivity index (χ3n) is 3.22. The van der Waals surface area contributed by atoms with Crippen molar-refractivity contribution in [3.63, 3.8) is 0 Å². The summed E-state index contributed by atoms with van der Waals surface area (Å²) in [6.45, 7) is 6.03. The number of fused-ring (bicyclic) bond motifs is 1. The summed E-state index contributed by atoms with van der Waals surface area (Å²) in [4.78, 5) is 4.67. The van der Waals surface area contributed by atoms with Gasteiger partial charge in [-0.1, -0.05) is 12.1 Å². The second-order valence-electron chi connectivity index (χ2n) is 4.99. The molecule has 19 heavy (non-hydrogen) atoms. The molecule has 0 bridgehead atoms. The molecule has 3 nitrogen and oxygen atoms in total. The van der Waals surface area contributed by atoms with E-state index in [-0.39, 0.29) is 11.4 Å². The van der Waals surface area contributed by atoms with Gasteiger partial charge in [-0.3, -0.25) is 4.21 Å². The maximum atomic E-state index is 11.5. The van der Waals surface area contributed by atoms with Crippen LogP contribution in [0.5, 0.6) is 0 Å². The van der Waals surface area contributed by atoms with E-state index in [0.717, 1.165) is 22.4 Å². The number of halogens is 1. The molecule has 2 rings (SSSR count). The molecule has 0 radical (unpaired) electrons. The van der Waals surface area contributed by atoms with Gasteiger partial charge in [-0.15, -0.1) is 11.6 Å². The van der Waals surface area contributed by atoms with Crippen LogP contribution >= 0.6 is 11.6 Å².